The van der Waals surface area contributed by atoms with Crippen LogP contribution in [0.2, 0.25) is 0 Å². The number of ether oxygens (including phenoxy) is 1. The van der Waals surface area contributed by atoms with E-state index in [9.17, 15) is 14.9 Å². The zero-order valence-electron chi connectivity index (χ0n) is 11.1. The molecule has 0 bridgehead atoms. The molecule has 19 heavy (non-hydrogen) atoms. The zero-order chi connectivity index (χ0) is 14.6. The summed E-state index contributed by atoms with van der Waals surface area (Å²) in [7, 11) is 0. The van der Waals surface area contributed by atoms with Crippen LogP contribution >= 0.6 is 15.9 Å². The largest absolute Gasteiger partial charge is 0.465 e. The van der Waals surface area contributed by atoms with E-state index in [-0.39, 0.29) is 11.7 Å². The van der Waals surface area contributed by atoms with Crippen LogP contribution in [0.5, 0.6) is 0 Å². The lowest BCUT2D eigenvalue weighted by atomic mass is 10.00. The minimum Gasteiger partial charge on any atom is -0.465 e. The molecule has 0 spiro atoms. The molecule has 1 unspecified atom stereocenters. The van der Waals surface area contributed by atoms with Crippen LogP contribution in [0.1, 0.15) is 23.6 Å². The maximum Gasteiger partial charge on any atom is 0.320 e. The van der Waals surface area contributed by atoms with E-state index in [0.717, 1.165) is 11.1 Å². The number of carbonyl (C=O) groups is 1. The van der Waals surface area contributed by atoms with Crippen molar-refractivity contribution in [2.24, 2.45) is 0 Å². The Hall–Kier alpha value is -1.43. The van der Waals surface area contributed by atoms with Gasteiger partial charge in [0.25, 0.3) is 5.69 Å². The molecule has 0 heterocycles. The van der Waals surface area contributed by atoms with Crippen molar-refractivity contribution in [2.75, 3.05) is 6.61 Å². The van der Waals surface area contributed by atoms with Gasteiger partial charge >= 0.3 is 5.97 Å². The summed E-state index contributed by atoms with van der Waals surface area (Å²) in [6, 6.07) is 3.29. The molecule has 0 aliphatic rings. The van der Waals surface area contributed by atoms with E-state index >= 15 is 0 Å². The first kappa shape index (κ1) is 15.6. The molecule has 0 saturated heterocycles. The van der Waals surface area contributed by atoms with Gasteiger partial charge in [-0.1, -0.05) is 15.9 Å². The van der Waals surface area contributed by atoms with Crippen molar-refractivity contribution in [3.05, 3.63) is 38.9 Å². The third-order valence-electron chi connectivity index (χ3n) is 2.79. The normalized spacial score (nSPS) is 12.0. The van der Waals surface area contributed by atoms with Gasteiger partial charge < -0.3 is 4.74 Å². The number of aryl methyl sites for hydroxylation is 2. The van der Waals surface area contributed by atoms with E-state index < -0.39 is 9.75 Å². The highest BCUT2D eigenvalue weighted by Crippen LogP contribution is 2.24. The van der Waals surface area contributed by atoms with Crippen molar-refractivity contribution < 1.29 is 14.5 Å². The fourth-order valence-electron chi connectivity index (χ4n) is 1.79. The lowest BCUT2D eigenvalue weighted by Crippen LogP contribution is -2.20. The molecule has 1 rings (SSSR count). The summed E-state index contributed by atoms with van der Waals surface area (Å²) in [4.78, 5) is 21.5. The fourth-order valence-corrected chi connectivity index (χ4v) is 2.27. The third kappa shape index (κ3) is 4.02. The fraction of sp³-hybridized carbons (Fsp3) is 0.462. The summed E-state index contributed by atoms with van der Waals surface area (Å²) < 4.78 is 4.91. The highest BCUT2D eigenvalue weighted by atomic mass is 79.9. The van der Waals surface area contributed by atoms with E-state index in [4.69, 9.17) is 4.74 Å². The maximum atomic E-state index is 11.5. The number of hydrogen-bond donors (Lipinski definition) is 0. The molecule has 0 saturated carbocycles. The SMILES string of the molecule is CCOC(=O)C(Br)Cc1cc(C)c([N+](=O)[O-])cc1C. The van der Waals surface area contributed by atoms with Crippen LogP contribution in [-0.2, 0) is 16.0 Å². The van der Waals surface area contributed by atoms with Crippen molar-refractivity contribution in [3.63, 3.8) is 0 Å². The standard InChI is InChI=1S/C13H16BrNO4/c1-4-19-13(16)11(14)7-10-5-9(3)12(15(17)18)6-8(10)2/h5-6,11H,4,7H2,1-3H3. The molecule has 0 aliphatic heterocycles. The molecule has 0 radical (unpaired) electrons. The van der Waals surface area contributed by atoms with Gasteiger partial charge in [-0.2, -0.15) is 0 Å². The van der Waals surface area contributed by atoms with Gasteiger partial charge in [-0.05, 0) is 44.4 Å². The molecular weight excluding hydrogens is 314 g/mol. The lowest BCUT2D eigenvalue weighted by Gasteiger charge is -2.12. The Morgan fingerprint density at radius 2 is 2.05 bits per heavy atom. The van der Waals surface area contributed by atoms with Gasteiger partial charge in [0.05, 0.1) is 11.5 Å². The molecule has 0 N–H and O–H groups in total. The number of rotatable bonds is 5. The van der Waals surface area contributed by atoms with E-state index in [2.05, 4.69) is 15.9 Å². The average molecular weight is 330 g/mol. The Bertz CT molecular complexity index is 502. The van der Waals surface area contributed by atoms with Gasteiger partial charge in [-0.15, -0.1) is 0 Å². The third-order valence-corrected chi connectivity index (χ3v) is 3.49. The van der Waals surface area contributed by atoms with Crippen molar-refractivity contribution in [2.45, 2.75) is 32.0 Å². The van der Waals surface area contributed by atoms with Crippen molar-refractivity contribution in [1.82, 2.24) is 0 Å². The number of alkyl halides is 1. The summed E-state index contributed by atoms with van der Waals surface area (Å²) in [5, 5.41) is 10.8. The quantitative estimate of drug-likeness (QED) is 0.360. The molecule has 1 aromatic rings. The molecule has 0 fully saturated rings. The number of nitrogens with zero attached hydrogens (tertiary/aromatic N) is 1. The lowest BCUT2D eigenvalue weighted by molar-refractivity contribution is -0.385. The topological polar surface area (TPSA) is 69.4 Å². The second-order valence-electron chi connectivity index (χ2n) is 4.25. The van der Waals surface area contributed by atoms with Gasteiger partial charge in [0, 0.05) is 11.6 Å². The number of nitro benzene ring substituents is 1. The van der Waals surface area contributed by atoms with Crippen molar-refractivity contribution in [3.8, 4) is 0 Å². The first-order chi connectivity index (χ1) is 8.86. The minimum atomic E-state index is -0.438. The maximum absolute atomic E-state index is 11.5. The summed E-state index contributed by atoms with van der Waals surface area (Å²) in [5.74, 6) is -0.321. The number of hydrogen-bond acceptors (Lipinski definition) is 4. The van der Waals surface area contributed by atoms with Crippen LogP contribution in [-0.4, -0.2) is 22.3 Å². The summed E-state index contributed by atoms with van der Waals surface area (Å²) >= 11 is 3.28. The number of benzene rings is 1. The minimum absolute atomic E-state index is 0.100. The molecule has 1 atom stereocenters. The van der Waals surface area contributed by atoms with Gasteiger partial charge in [0.1, 0.15) is 4.83 Å². The molecule has 5 nitrogen and oxygen atoms in total. The smallest absolute Gasteiger partial charge is 0.320 e. The Labute approximate surface area is 120 Å². The van der Waals surface area contributed by atoms with Gasteiger partial charge in [0.15, 0.2) is 0 Å². The van der Waals surface area contributed by atoms with E-state index in [0.29, 0.717) is 18.6 Å². The Morgan fingerprint density at radius 1 is 1.42 bits per heavy atom. The van der Waals surface area contributed by atoms with Crippen molar-refractivity contribution >= 4 is 27.6 Å². The Morgan fingerprint density at radius 3 is 2.58 bits per heavy atom. The Balaban J connectivity index is 2.94. The van der Waals surface area contributed by atoms with E-state index in [1.165, 1.54) is 6.07 Å². The first-order valence-electron chi connectivity index (χ1n) is 5.92. The molecule has 0 aromatic heterocycles. The number of nitro groups is 1. The molecular formula is C13H16BrNO4. The second kappa shape index (κ2) is 6.65. The molecule has 0 aliphatic carbocycles. The van der Waals surface area contributed by atoms with Crippen LogP contribution in [0, 0.1) is 24.0 Å². The highest BCUT2D eigenvalue weighted by molar-refractivity contribution is 9.10. The highest BCUT2D eigenvalue weighted by Gasteiger charge is 2.20. The van der Waals surface area contributed by atoms with Crippen LogP contribution in [0.15, 0.2) is 12.1 Å². The molecule has 104 valence electrons. The van der Waals surface area contributed by atoms with E-state index in [1.807, 2.05) is 0 Å². The van der Waals surface area contributed by atoms with Gasteiger partial charge in [-0.25, -0.2) is 0 Å². The van der Waals surface area contributed by atoms with Crippen molar-refractivity contribution in [1.29, 1.82) is 0 Å². The average Bonchev–Trinajstić information content (AvgIpc) is 2.33. The van der Waals surface area contributed by atoms with E-state index in [1.54, 1.807) is 26.8 Å². The number of carbonyl (C=O) groups excluding carboxylic acids is 1. The zero-order valence-corrected chi connectivity index (χ0v) is 12.7. The van der Waals surface area contributed by atoms with Crippen LogP contribution in [0.3, 0.4) is 0 Å². The number of halogens is 1. The first-order valence-corrected chi connectivity index (χ1v) is 6.83. The predicted octanol–water partition coefficient (Wildman–Crippen LogP) is 3.08. The van der Waals surface area contributed by atoms with Crippen LogP contribution in [0.25, 0.3) is 0 Å². The predicted molar refractivity (Wildman–Crippen MR) is 75.6 cm³/mol. The summed E-state index contributed by atoms with van der Waals surface area (Å²) in [6.45, 7) is 5.57. The monoisotopic (exact) mass is 329 g/mol. The summed E-state index contributed by atoms with van der Waals surface area (Å²) in [6.07, 6.45) is 0.448. The molecule has 6 heteroatoms. The van der Waals surface area contributed by atoms with Crippen LogP contribution in [0.4, 0.5) is 5.69 Å². The molecule has 0 amide bonds. The number of esters is 1. The van der Waals surface area contributed by atoms with Gasteiger partial charge in [0.2, 0.25) is 0 Å². The second-order valence-corrected chi connectivity index (χ2v) is 5.35. The van der Waals surface area contributed by atoms with Crippen LogP contribution < -0.4 is 0 Å². The Kier molecular flexibility index (Phi) is 5.47. The summed E-state index contributed by atoms with van der Waals surface area (Å²) in [5.41, 5.74) is 2.39. The molecule has 1 aromatic carbocycles. The van der Waals surface area contributed by atoms with Gasteiger partial charge in [-0.3, -0.25) is 14.9 Å².